The standard InChI is InChI=1S/C15H12N4/c16-9-4-5-12-14(8-9)18-19-15(12)11-2-1-3-13-10(11)6-7-17-13/h1-8,17H,16H2,(H,18,19). The Morgan fingerprint density at radius 1 is 0.947 bits per heavy atom. The van der Waals surface area contributed by atoms with Crippen LogP contribution in [0.5, 0.6) is 0 Å². The summed E-state index contributed by atoms with van der Waals surface area (Å²) < 4.78 is 0. The summed E-state index contributed by atoms with van der Waals surface area (Å²) in [7, 11) is 0. The predicted molar refractivity (Wildman–Crippen MR) is 77.8 cm³/mol. The monoisotopic (exact) mass is 248 g/mol. The highest BCUT2D eigenvalue weighted by atomic mass is 15.1. The number of hydrogen-bond donors (Lipinski definition) is 3. The van der Waals surface area contributed by atoms with Crippen LogP contribution in [0.25, 0.3) is 33.1 Å². The van der Waals surface area contributed by atoms with Gasteiger partial charge in [-0.05, 0) is 30.3 Å². The zero-order valence-electron chi connectivity index (χ0n) is 10.1. The van der Waals surface area contributed by atoms with Crippen LogP contribution in [0.3, 0.4) is 0 Å². The summed E-state index contributed by atoms with van der Waals surface area (Å²) in [6.45, 7) is 0. The molecule has 0 unspecified atom stereocenters. The molecular weight excluding hydrogens is 236 g/mol. The van der Waals surface area contributed by atoms with Gasteiger partial charge in [-0.1, -0.05) is 12.1 Å². The number of aromatic amines is 2. The van der Waals surface area contributed by atoms with Crippen LogP contribution in [0.1, 0.15) is 0 Å². The van der Waals surface area contributed by atoms with E-state index in [2.05, 4.69) is 33.4 Å². The Balaban J connectivity index is 2.07. The molecule has 0 spiro atoms. The summed E-state index contributed by atoms with van der Waals surface area (Å²) in [5.41, 5.74) is 10.7. The normalized spacial score (nSPS) is 11.4. The molecule has 2 aromatic carbocycles. The average Bonchev–Trinajstić information content (AvgIpc) is 3.03. The van der Waals surface area contributed by atoms with E-state index >= 15 is 0 Å². The number of H-pyrrole nitrogens is 2. The van der Waals surface area contributed by atoms with Gasteiger partial charge in [-0.25, -0.2) is 0 Å². The zero-order valence-corrected chi connectivity index (χ0v) is 10.1. The number of rotatable bonds is 1. The van der Waals surface area contributed by atoms with Crippen LogP contribution in [-0.2, 0) is 0 Å². The smallest absolute Gasteiger partial charge is 0.101 e. The predicted octanol–water partition coefficient (Wildman–Crippen LogP) is 3.29. The summed E-state index contributed by atoms with van der Waals surface area (Å²) >= 11 is 0. The van der Waals surface area contributed by atoms with Gasteiger partial charge in [0.25, 0.3) is 0 Å². The third-order valence-corrected chi connectivity index (χ3v) is 3.44. The Labute approximate surface area is 109 Å². The van der Waals surface area contributed by atoms with Crippen molar-refractivity contribution in [2.24, 2.45) is 0 Å². The summed E-state index contributed by atoms with van der Waals surface area (Å²) in [6.07, 6.45) is 1.95. The molecule has 0 radical (unpaired) electrons. The Bertz CT molecular complexity index is 885. The first-order chi connectivity index (χ1) is 9.33. The Kier molecular flexibility index (Phi) is 1.94. The SMILES string of the molecule is Nc1ccc2c(-c3cccc4[nH]ccc34)n[nH]c2c1. The van der Waals surface area contributed by atoms with Crippen molar-refractivity contribution in [1.82, 2.24) is 15.2 Å². The molecule has 0 saturated carbocycles. The number of nitrogens with one attached hydrogen (secondary N) is 2. The van der Waals surface area contributed by atoms with E-state index in [1.165, 1.54) is 5.39 Å². The number of nitrogens with two attached hydrogens (primary N) is 1. The molecule has 0 aliphatic heterocycles. The summed E-state index contributed by atoms with van der Waals surface area (Å²) in [5, 5.41) is 9.75. The minimum absolute atomic E-state index is 0.738. The second-order valence-corrected chi connectivity index (χ2v) is 4.62. The van der Waals surface area contributed by atoms with Crippen molar-refractivity contribution in [2.45, 2.75) is 0 Å². The molecular formula is C15H12N4. The first kappa shape index (κ1) is 10.2. The summed E-state index contributed by atoms with van der Waals surface area (Å²) in [5.74, 6) is 0. The van der Waals surface area contributed by atoms with E-state index in [1.54, 1.807) is 0 Å². The van der Waals surface area contributed by atoms with Crippen molar-refractivity contribution >= 4 is 27.5 Å². The third-order valence-electron chi connectivity index (χ3n) is 3.44. The van der Waals surface area contributed by atoms with E-state index in [1.807, 2.05) is 30.5 Å². The van der Waals surface area contributed by atoms with E-state index in [-0.39, 0.29) is 0 Å². The van der Waals surface area contributed by atoms with Crippen LogP contribution < -0.4 is 5.73 Å². The lowest BCUT2D eigenvalue weighted by Gasteiger charge is -2.00. The van der Waals surface area contributed by atoms with E-state index in [4.69, 9.17) is 5.73 Å². The van der Waals surface area contributed by atoms with Crippen LogP contribution in [-0.4, -0.2) is 15.2 Å². The van der Waals surface area contributed by atoms with Gasteiger partial charge in [-0.3, -0.25) is 5.10 Å². The van der Waals surface area contributed by atoms with Crippen LogP contribution in [0.15, 0.2) is 48.7 Å². The maximum atomic E-state index is 5.79. The molecule has 0 atom stereocenters. The van der Waals surface area contributed by atoms with E-state index in [9.17, 15) is 0 Å². The molecule has 0 amide bonds. The van der Waals surface area contributed by atoms with Gasteiger partial charge >= 0.3 is 0 Å². The van der Waals surface area contributed by atoms with Crippen molar-refractivity contribution in [3.63, 3.8) is 0 Å². The summed E-state index contributed by atoms with van der Waals surface area (Å²) in [6, 6.07) is 14.1. The fourth-order valence-corrected chi connectivity index (χ4v) is 2.53. The van der Waals surface area contributed by atoms with Crippen LogP contribution in [0, 0.1) is 0 Å². The van der Waals surface area contributed by atoms with Gasteiger partial charge in [-0.2, -0.15) is 5.10 Å². The minimum atomic E-state index is 0.738. The quantitative estimate of drug-likeness (QED) is 0.452. The third kappa shape index (κ3) is 1.43. The molecule has 4 rings (SSSR count). The van der Waals surface area contributed by atoms with Crippen molar-refractivity contribution in [1.29, 1.82) is 0 Å². The topological polar surface area (TPSA) is 70.5 Å². The molecule has 0 saturated heterocycles. The largest absolute Gasteiger partial charge is 0.399 e. The molecule has 0 bridgehead atoms. The highest BCUT2D eigenvalue weighted by Gasteiger charge is 2.11. The zero-order chi connectivity index (χ0) is 12.8. The Morgan fingerprint density at radius 3 is 2.84 bits per heavy atom. The lowest BCUT2D eigenvalue weighted by molar-refractivity contribution is 1.12. The average molecular weight is 248 g/mol. The van der Waals surface area contributed by atoms with Crippen molar-refractivity contribution in [3.05, 3.63) is 48.7 Å². The summed E-state index contributed by atoms with van der Waals surface area (Å²) in [4.78, 5) is 3.22. The molecule has 4 heteroatoms. The van der Waals surface area contributed by atoms with Crippen molar-refractivity contribution in [2.75, 3.05) is 5.73 Å². The molecule has 4 N–H and O–H groups in total. The second kappa shape index (κ2) is 3.62. The van der Waals surface area contributed by atoms with Crippen molar-refractivity contribution < 1.29 is 0 Å². The molecule has 2 aromatic heterocycles. The van der Waals surface area contributed by atoms with Gasteiger partial charge in [0, 0.05) is 33.7 Å². The van der Waals surface area contributed by atoms with Crippen LogP contribution in [0.4, 0.5) is 5.69 Å². The van der Waals surface area contributed by atoms with Crippen LogP contribution >= 0.6 is 0 Å². The number of nitrogens with zero attached hydrogens (tertiary/aromatic N) is 1. The Morgan fingerprint density at radius 2 is 1.89 bits per heavy atom. The fourth-order valence-electron chi connectivity index (χ4n) is 2.53. The lowest BCUT2D eigenvalue weighted by atomic mass is 10.0. The fraction of sp³-hybridized carbons (Fsp3) is 0. The number of hydrogen-bond acceptors (Lipinski definition) is 2. The molecule has 0 fully saturated rings. The maximum absolute atomic E-state index is 5.79. The van der Waals surface area contributed by atoms with E-state index in [0.29, 0.717) is 0 Å². The molecule has 92 valence electrons. The molecule has 19 heavy (non-hydrogen) atoms. The molecule has 0 aliphatic carbocycles. The number of fused-ring (bicyclic) bond motifs is 2. The van der Waals surface area contributed by atoms with Gasteiger partial charge in [0.2, 0.25) is 0 Å². The van der Waals surface area contributed by atoms with Gasteiger partial charge in [-0.15, -0.1) is 0 Å². The lowest BCUT2D eigenvalue weighted by Crippen LogP contribution is -1.83. The number of anilines is 1. The van der Waals surface area contributed by atoms with Gasteiger partial charge in [0.05, 0.1) is 5.52 Å². The van der Waals surface area contributed by atoms with Crippen molar-refractivity contribution in [3.8, 4) is 11.3 Å². The number of nitrogen functional groups attached to an aromatic ring is 1. The first-order valence-corrected chi connectivity index (χ1v) is 6.13. The molecule has 0 aliphatic rings. The molecule has 2 heterocycles. The van der Waals surface area contributed by atoms with E-state index in [0.717, 1.165) is 33.4 Å². The minimum Gasteiger partial charge on any atom is -0.399 e. The first-order valence-electron chi connectivity index (χ1n) is 6.13. The maximum Gasteiger partial charge on any atom is 0.101 e. The van der Waals surface area contributed by atoms with Gasteiger partial charge in [0.15, 0.2) is 0 Å². The molecule has 4 aromatic rings. The number of benzene rings is 2. The van der Waals surface area contributed by atoms with Gasteiger partial charge < -0.3 is 10.7 Å². The highest BCUT2D eigenvalue weighted by Crippen LogP contribution is 2.32. The highest BCUT2D eigenvalue weighted by molar-refractivity contribution is 6.03. The Hall–Kier alpha value is -2.75. The van der Waals surface area contributed by atoms with Gasteiger partial charge in [0.1, 0.15) is 5.69 Å². The second-order valence-electron chi connectivity index (χ2n) is 4.62. The molecule has 4 nitrogen and oxygen atoms in total. The van der Waals surface area contributed by atoms with E-state index < -0.39 is 0 Å². The number of aromatic nitrogens is 3. The van der Waals surface area contributed by atoms with Crippen LogP contribution in [0.2, 0.25) is 0 Å².